The molecular formula is C14H18ClNO3. The van der Waals surface area contributed by atoms with Crippen LogP contribution in [-0.2, 0) is 0 Å². The Labute approximate surface area is 117 Å². The standard InChI is InChI=1S/C14H18ClNO3/c15-8-9-1-4-11(5-2-9)16-14(19)10-3-6-12(17)13(18)7-10/h3,6-7,9,11,17-18H,1-2,4-5,8H2,(H,16,19). The van der Waals surface area contributed by atoms with Gasteiger partial charge in [-0.05, 0) is 49.8 Å². The topological polar surface area (TPSA) is 69.6 Å². The molecule has 5 heteroatoms. The largest absolute Gasteiger partial charge is 0.504 e. The van der Waals surface area contributed by atoms with Gasteiger partial charge in [0.1, 0.15) is 0 Å². The Bertz CT molecular complexity index is 456. The van der Waals surface area contributed by atoms with Gasteiger partial charge in [-0.15, -0.1) is 11.6 Å². The van der Waals surface area contributed by atoms with E-state index < -0.39 is 0 Å². The third kappa shape index (κ3) is 3.53. The average Bonchev–Trinajstić information content (AvgIpc) is 2.42. The van der Waals surface area contributed by atoms with E-state index in [1.54, 1.807) is 0 Å². The molecule has 2 rings (SSSR count). The highest BCUT2D eigenvalue weighted by atomic mass is 35.5. The molecule has 104 valence electrons. The number of hydrogen-bond acceptors (Lipinski definition) is 3. The highest BCUT2D eigenvalue weighted by Gasteiger charge is 2.22. The number of halogens is 1. The van der Waals surface area contributed by atoms with E-state index in [1.807, 2.05) is 0 Å². The average molecular weight is 284 g/mol. The predicted molar refractivity (Wildman–Crippen MR) is 73.7 cm³/mol. The van der Waals surface area contributed by atoms with Gasteiger partial charge in [-0.2, -0.15) is 0 Å². The summed E-state index contributed by atoms with van der Waals surface area (Å²) in [5, 5.41) is 21.5. The first-order valence-corrected chi connectivity index (χ1v) is 7.02. The van der Waals surface area contributed by atoms with Crippen LogP contribution in [0.5, 0.6) is 11.5 Å². The molecule has 0 radical (unpaired) electrons. The fourth-order valence-electron chi connectivity index (χ4n) is 2.39. The number of phenolic OH excluding ortho intramolecular Hbond substituents is 2. The molecule has 0 saturated heterocycles. The van der Waals surface area contributed by atoms with E-state index in [0.717, 1.165) is 25.7 Å². The number of benzene rings is 1. The highest BCUT2D eigenvalue weighted by Crippen LogP contribution is 2.27. The molecule has 3 N–H and O–H groups in total. The van der Waals surface area contributed by atoms with Crippen molar-refractivity contribution in [3.05, 3.63) is 23.8 Å². The van der Waals surface area contributed by atoms with E-state index in [9.17, 15) is 15.0 Å². The van der Waals surface area contributed by atoms with E-state index in [0.29, 0.717) is 17.4 Å². The van der Waals surface area contributed by atoms with Gasteiger partial charge in [-0.3, -0.25) is 4.79 Å². The van der Waals surface area contributed by atoms with Gasteiger partial charge in [-0.1, -0.05) is 0 Å². The van der Waals surface area contributed by atoms with Crippen molar-refractivity contribution in [2.45, 2.75) is 31.7 Å². The first kappa shape index (κ1) is 14.0. The van der Waals surface area contributed by atoms with E-state index in [4.69, 9.17) is 11.6 Å². The maximum atomic E-state index is 12.0. The summed E-state index contributed by atoms with van der Waals surface area (Å²) in [7, 11) is 0. The van der Waals surface area contributed by atoms with Crippen molar-refractivity contribution in [3.8, 4) is 11.5 Å². The van der Waals surface area contributed by atoms with Gasteiger partial charge < -0.3 is 15.5 Å². The van der Waals surface area contributed by atoms with Crippen LogP contribution in [0.2, 0.25) is 0 Å². The summed E-state index contributed by atoms with van der Waals surface area (Å²) in [4.78, 5) is 12.0. The molecule has 0 aromatic heterocycles. The Morgan fingerprint density at radius 1 is 1.21 bits per heavy atom. The zero-order valence-electron chi connectivity index (χ0n) is 10.6. The molecule has 1 aliphatic carbocycles. The van der Waals surface area contributed by atoms with Crippen LogP contribution in [0.4, 0.5) is 0 Å². The van der Waals surface area contributed by atoms with Crippen molar-refractivity contribution in [2.24, 2.45) is 5.92 Å². The molecule has 19 heavy (non-hydrogen) atoms. The summed E-state index contributed by atoms with van der Waals surface area (Å²) < 4.78 is 0. The second-order valence-corrected chi connectivity index (χ2v) is 5.36. The number of aromatic hydroxyl groups is 2. The lowest BCUT2D eigenvalue weighted by Crippen LogP contribution is -2.37. The van der Waals surface area contributed by atoms with Gasteiger partial charge in [0.05, 0.1) is 0 Å². The summed E-state index contributed by atoms with van der Waals surface area (Å²) in [6.07, 6.45) is 3.95. The second kappa shape index (κ2) is 6.15. The quantitative estimate of drug-likeness (QED) is 0.590. The number of phenols is 2. The minimum atomic E-state index is -0.279. The van der Waals surface area contributed by atoms with Gasteiger partial charge in [0.2, 0.25) is 0 Å². The number of nitrogens with one attached hydrogen (secondary N) is 1. The maximum Gasteiger partial charge on any atom is 0.251 e. The normalized spacial score (nSPS) is 23.0. The summed E-state index contributed by atoms with van der Waals surface area (Å²) >= 11 is 5.82. The van der Waals surface area contributed by atoms with Crippen molar-refractivity contribution in [1.29, 1.82) is 0 Å². The molecule has 0 unspecified atom stereocenters. The summed E-state index contributed by atoms with van der Waals surface area (Å²) in [6.45, 7) is 0. The smallest absolute Gasteiger partial charge is 0.251 e. The van der Waals surface area contributed by atoms with E-state index in [2.05, 4.69) is 5.32 Å². The van der Waals surface area contributed by atoms with Gasteiger partial charge in [0, 0.05) is 17.5 Å². The number of rotatable bonds is 3. The molecule has 1 aliphatic rings. The molecule has 4 nitrogen and oxygen atoms in total. The Morgan fingerprint density at radius 2 is 1.89 bits per heavy atom. The lowest BCUT2D eigenvalue weighted by molar-refractivity contribution is 0.0923. The van der Waals surface area contributed by atoms with Crippen molar-refractivity contribution in [2.75, 3.05) is 5.88 Å². The number of carbonyl (C=O) groups is 1. The Hall–Kier alpha value is -1.42. The minimum Gasteiger partial charge on any atom is -0.504 e. The molecular weight excluding hydrogens is 266 g/mol. The Morgan fingerprint density at radius 3 is 2.47 bits per heavy atom. The van der Waals surface area contributed by atoms with Crippen LogP contribution in [0.25, 0.3) is 0 Å². The maximum absolute atomic E-state index is 12.0. The summed E-state index contributed by atoms with van der Waals surface area (Å²) in [5.41, 5.74) is 0.356. The summed E-state index contributed by atoms with van der Waals surface area (Å²) in [5.74, 6) is 0.529. The van der Waals surface area contributed by atoms with Crippen LogP contribution < -0.4 is 5.32 Å². The number of alkyl halides is 1. The molecule has 0 heterocycles. The molecule has 1 fully saturated rings. The van der Waals surface area contributed by atoms with Crippen LogP contribution in [0.15, 0.2) is 18.2 Å². The van der Waals surface area contributed by atoms with E-state index >= 15 is 0 Å². The molecule has 0 spiro atoms. The van der Waals surface area contributed by atoms with Gasteiger partial charge in [-0.25, -0.2) is 0 Å². The fraction of sp³-hybridized carbons (Fsp3) is 0.500. The minimum absolute atomic E-state index is 0.169. The lowest BCUT2D eigenvalue weighted by atomic mass is 9.87. The van der Waals surface area contributed by atoms with Crippen LogP contribution in [0, 0.1) is 5.92 Å². The number of carbonyl (C=O) groups excluding carboxylic acids is 1. The van der Waals surface area contributed by atoms with Crippen molar-refractivity contribution in [1.82, 2.24) is 5.32 Å². The molecule has 1 aromatic carbocycles. The Kier molecular flexibility index (Phi) is 4.53. The van der Waals surface area contributed by atoms with Crippen LogP contribution in [0.3, 0.4) is 0 Å². The zero-order valence-corrected chi connectivity index (χ0v) is 11.4. The first-order chi connectivity index (χ1) is 9.10. The monoisotopic (exact) mass is 283 g/mol. The third-order valence-electron chi connectivity index (χ3n) is 3.64. The second-order valence-electron chi connectivity index (χ2n) is 5.05. The van der Waals surface area contributed by atoms with Crippen molar-refractivity contribution < 1.29 is 15.0 Å². The van der Waals surface area contributed by atoms with Crippen LogP contribution in [0.1, 0.15) is 36.0 Å². The molecule has 0 atom stereocenters. The van der Waals surface area contributed by atoms with Gasteiger partial charge in [0.25, 0.3) is 5.91 Å². The van der Waals surface area contributed by atoms with Gasteiger partial charge in [0.15, 0.2) is 11.5 Å². The first-order valence-electron chi connectivity index (χ1n) is 6.49. The summed E-state index contributed by atoms with van der Waals surface area (Å²) in [6, 6.07) is 4.25. The molecule has 0 bridgehead atoms. The van der Waals surface area contributed by atoms with E-state index in [1.165, 1.54) is 18.2 Å². The third-order valence-corrected chi connectivity index (χ3v) is 4.07. The SMILES string of the molecule is O=C(NC1CCC(CCl)CC1)c1ccc(O)c(O)c1. The van der Waals surface area contributed by atoms with Crippen molar-refractivity contribution >= 4 is 17.5 Å². The number of hydrogen-bond donors (Lipinski definition) is 3. The lowest BCUT2D eigenvalue weighted by Gasteiger charge is -2.27. The van der Waals surface area contributed by atoms with Crippen LogP contribution >= 0.6 is 11.6 Å². The van der Waals surface area contributed by atoms with Crippen LogP contribution in [-0.4, -0.2) is 28.0 Å². The molecule has 1 aromatic rings. The number of amides is 1. The molecule has 0 aliphatic heterocycles. The highest BCUT2D eigenvalue weighted by molar-refractivity contribution is 6.18. The molecule has 1 amide bonds. The zero-order chi connectivity index (χ0) is 13.8. The predicted octanol–water partition coefficient (Wildman–Crippen LogP) is 2.63. The fourth-order valence-corrected chi connectivity index (χ4v) is 2.70. The van der Waals surface area contributed by atoms with Gasteiger partial charge >= 0.3 is 0 Å². The van der Waals surface area contributed by atoms with E-state index in [-0.39, 0.29) is 23.4 Å². The Balaban J connectivity index is 1.92. The molecule has 1 saturated carbocycles. The van der Waals surface area contributed by atoms with Crippen molar-refractivity contribution in [3.63, 3.8) is 0 Å².